The van der Waals surface area contributed by atoms with Crippen molar-refractivity contribution in [3.63, 3.8) is 0 Å². The molecular formula is C14H18BrNO2. The lowest BCUT2D eigenvalue weighted by Crippen LogP contribution is -2.27. The summed E-state index contributed by atoms with van der Waals surface area (Å²) in [5.74, 6) is -0.701. The Bertz CT molecular complexity index is 418. The van der Waals surface area contributed by atoms with E-state index in [4.69, 9.17) is 5.11 Å². The van der Waals surface area contributed by atoms with E-state index in [-0.39, 0.29) is 6.42 Å². The van der Waals surface area contributed by atoms with Gasteiger partial charge in [-0.3, -0.25) is 9.69 Å². The van der Waals surface area contributed by atoms with Gasteiger partial charge in [-0.25, -0.2) is 0 Å². The smallest absolute Gasteiger partial charge is 0.303 e. The molecule has 0 heterocycles. The number of aliphatic carboxylic acids is 1. The van der Waals surface area contributed by atoms with Crippen LogP contribution in [-0.2, 0) is 11.3 Å². The van der Waals surface area contributed by atoms with Crippen molar-refractivity contribution in [2.24, 2.45) is 0 Å². The van der Waals surface area contributed by atoms with Gasteiger partial charge in [-0.05, 0) is 43.5 Å². The van der Waals surface area contributed by atoms with Gasteiger partial charge in [0, 0.05) is 23.5 Å². The number of carboxylic acid groups (broad SMARTS) is 1. The number of hydrogen-bond acceptors (Lipinski definition) is 2. The molecule has 2 rings (SSSR count). The first-order valence-electron chi connectivity index (χ1n) is 6.35. The summed E-state index contributed by atoms with van der Waals surface area (Å²) in [6, 6.07) is 8.99. The summed E-state index contributed by atoms with van der Waals surface area (Å²) < 4.78 is 1.10. The zero-order chi connectivity index (χ0) is 13.0. The average Bonchev–Trinajstić information content (AvgIpc) is 3.11. The van der Waals surface area contributed by atoms with Crippen molar-refractivity contribution in [2.45, 2.75) is 38.3 Å². The quantitative estimate of drug-likeness (QED) is 0.840. The van der Waals surface area contributed by atoms with E-state index in [2.05, 4.69) is 33.0 Å². The normalized spacial score (nSPS) is 15.0. The minimum absolute atomic E-state index is 0.266. The fraction of sp³-hybridized carbons (Fsp3) is 0.500. The van der Waals surface area contributed by atoms with Crippen LogP contribution in [0.1, 0.15) is 31.2 Å². The Kier molecular flexibility index (Phi) is 4.78. The lowest BCUT2D eigenvalue weighted by atomic mass is 10.2. The van der Waals surface area contributed by atoms with Gasteiger partial charge in [0.15, 0.2) is 0 Å². The molecule has 0 atom stereocenters. The fourth-order valence-electron chi connectivity index (χ4n) is 2.13. The van der Waals surface area contributed by atoms with Gasteiger partial charge in [-0.15, -0.1) is 0 Å². The molecule has 1 aromatic carbocycles. The summed E-state index contributed by atoms with van der Waals surface area (Å²) in [7, 11) is 0. The fourth-order valence-corrected chi connectivity index (χ4v) is 2.58. The molecule has 1 fully saturated rings. The number of rotatable bonds is 7. The Morgan fingerprint density at radius 1 is 1.44 bits per heavy atom. The van der Waals surface area contributed by atoms with Crippen molar-refractivity contribution in [2.75, 3.05) is 6.54 Å². The van der Waals surface area contributed by atoms with Crippen molar-refractivity contribution in [1.82, 2.24) is 4.90 Å². The van der Waals surface area contributed by atoms with Crippen molar-refractivity contribution in [1.29, 1.82) is 0 Å². The highest BCUT2D eigenvalue weighted by Gasteiger charge is 2.28. The number of hydrogen-bond donors (Lipinski definition) is 1. The third kappa shape index (κ3) is 4.42. The van der Waals surface area contributed by atoms with Crippen LogP contribution < -0.4 is 0 Å². The van der Waals surface area contributed by atoms with E-state index >= 15 is 0 Å². The lowest BCUT2D eigenvalue weighted by molar-refractivity contribution is -0.137. The number of carbonyl (C=O) groups is 1. The van der Waals surface area contributed by atoms with Gasteiger partial charge >= 0.3 is 5.97 Å². The molecule has 0 amide bonds. The maximum absolute atomic E-state index is 10.5. The van der Waals surface area contributed by atoms with Gasteiger partial charge < -0.3 is 5.11 Å². The Balaban J connectivity index is 1.88. The van der Waals surface area contributed by atoms with E-state index < -0.39 is 5.97 Å². The topological polar surface area (TPSA) is 40.5 Å². The van der Waals surface area contributed by atoms with E-state index in [9.17, 15) is 4.79 Å². The van der Waals surface area contributed by atoms with Gasteiger partial charge in [0.1, 0.15) is 0 Å². The van der Waals surface area contributed by atoms with Crippen LogP contribution in [0.2, 0.25) is 0 Å². The molecule has 0 radical (unpaired) electrons. The highest BCUT2D eigenvalue weighted by atomic mass is 79.9. The van der Waals surface area contributed by atoms with Gasteiger partial charge in [-0.1, -0.05) is 28.1 Å². The number of benzene rings is 1. The van der Waals surface area contributed by atoms with Crippen LogP contribution in [0.5, 0.6) is 0 Å². The van der Waals surface area contributed by atoms with Crippen LogP contribution in [0.3, 0.4) is 0 Å². The Morgan fingerprint density at radius 3 is 2.83 bits per heavy atom. The predicted molar refractivity (Wildman–Crippen MR) is 74.4 cm³/mol. The molecule has 0 saturated heterocycles. The lowest BCUT2D eigenvalue weighted by Gasteiger charge is -2.21. The standard InChI is InChI=1S/C14H18BrNO2/c15-12-4-1-3-11(9-12)10-16(13-6-7-13)8-2-5-14(17)18/h1,3-4,9,13H,2,5-8,10H2,(H,17,18). The Hall–Kier alpha value is -0.870. The average molecular weight is 312 g/mol. The maximum atomic E-state index is 10.5. The molecule has 0 unspecified atom stereocenters. The molecule has 0 spiro atoms. The monoisotopic (exact) mass is 311 g/mol. The zero-order valence-corrected chi connectivity index (χ0v) is 11.9. The minimum atomic E-state index is -0.701. The summed E-state index contributed by atoms with van der Waals surface area (Å²) in [5.41, 5.74) is 1.28. The largest absolute Gasteiger partial charge is 0.481 e. The van der Waals surface area contributed by atoms with Crippen LogP contribution >= 0.6 is 15.9 Å². The maximum Gasteiger partial charge on any atom is 0.303 e. The van der Waals surface area contributed by atoms with Crippen LogP contribution in [-0.4, -0.2) is 28.6 Å². The van der Waals surface area contributed by atoms with E-state index in [0.29, 0.717) is 6.04 Å². The van der Waals surface area contributed by atoms with E-state index in [0.717, 1.165) is 24.0 Å². The predicted octanol–water partition coefficient (Wildman–Crippen LogP) is 3.28. The molecule has 0 aliphatic heterocycles. The first-order chi connectivity index (χ1) is 8.65. The molecule has 1 aromatic rings. The van der Waals surface area contributed by atoms with E-state index in [1.165, 1.54) is 18.4 Å². The van der Waals surface area contributed by atoms with Crippen molar-refractivity contribution in [3.05, 3.63) is 34.3 Å². The molecular weight excluding hydrogens is 294 g/mol. The SMILES string of the molecule is O=C(O)CCCN(Cc1cccc(Br)c1)C1CC1. The minimum Gasteiger partial charge on any atom is -0.481 e. The van der Waals surface area contributed by atoms with Crippen LogP contribution in [0.15, 0.2) is 28.7 Å². The van der Waals surface area contributed by atoms with E-state index in [1.54, 1.807) is 0 Å². The van der Waals surface area contributed by atoms with Gasteiger partial charge in [0.2, 0.25) is 0 Å². The van der Waals surface area contributed by atoms with Crippen molar-refractivity contribution < 1.29 is 9.90 Å². The molecule has 3 nitrogen and oxygen atoms in total. The molecule has 98 valence electrons. The summed E-state index contributed by atoms with van der Waals surface area (Å²) in [6.45, 7) is 1.80. The number of halogens is 1. The highest BCUT2D eigenvalue weighted by Crippen LogP contribution is 2.29. The molecule has 1 N–H and O–H groups in total. The number of carboxylic acids is 1. The van der Waals surface area contributed by atoms with Crippen LogP contribution in [0, 0.1) is 0 Å². The van der Waals surface area contributed by atoms with Crippen LogP contribution in [0.25, 0.3) is 0 Å². The molecule has 0 bridgehead atoms. The highest BCUT2D eigenvalue weighted by molar-refractivity contribution is 9.10. The Labute approximate surface area is 116 Å². The summed E-state index contributed by atoms with van der Waals surface area (Å²) in [4.78, 5) is 13.0. The van der Waals surface area contributed by atoms with Crippen LogP contribution in [0.4, 0.5) is 0 Å². The first kappa shape index (κ1) is 13.6. The summed E-state index contributed by atoms with van der Waals surface area (Å²) in [5, 5.41) is 8.68. The second-order valence-corrected chi connectivity index (χ2v) is 5.74. The van der Waals surface area contributed by atoms with E-state index in [1.807, 2.05) is 12.1 Å². The first-order valence-corrected chi connectivity index (χ1v) is 7.15. The zero-order valence-electron chi connectivity index (χ0n) is 10.3. The Morgan fingerprint density at radius 2 is 2.22 bits per heavy atom. The second kappa shape index (κ2) is 6.34. The van der Waals surface area contributed by atoms with Crippen molar-refractivity contribution >= 4 is 21.9 Å². The summed E-state index contributed by atoms with van der Waals surface area (Å²) >= 11 is 3.48. The van der Waals surface area contributed by atoms with Gasteiger partial charge in [0.25, 0.3) is 0 Å². The molecule has 1 saturated carbocycles. The third-order valence-electron chi connectivity index (χ3n) is 3.17. The molecule has 0 aromatic heterocycles. The van der Waals surface area contributed by atoms with Gasteiger partial charge in [-0.2, -0.15) is 0 Å². The van der Waals surface area contributed by atoms with Crippen molar-refractivity contribution in [3.8, 4) is 0 Å². The van der Waals surface area contributed by atoms with Gasteiger partial charge in [0.05, 0.1) is 0 Å². The molecule has 4 heteroatoms. The molecule has 1 aliphatic rings. The molecule has 1 aliphatic carbocycles. The second-order valence-electron chi connectivity index (χ2n) is 4.83. The molecule has 18 heavy (non-hydrogen) atoms. The third-order valence-corrected chi connectivity index (χ3v) is 3.67. The summed E-state index contributed by atoms with van der Waals surface area (Å²) in [6.07, 6.45) is 3.50. The number of nitrogens with zero attached hydrogens (tertiary/aromatic N) is 1.